The van der Waals surface area contributed by atoms with Gasteiger partial charge in [-0.3, -0.25) is 0 Å². The molecule has 0 amide bonds. The minimum Gasteiger partial charge on any atom is -0.493 e. The Kier molecular flexibility index (Phi) is 10.2. The summed E-state index contributed by atoms with van der Waals surface area (Å²) in [7, 11) is 1.69. The maximum atomic E-state index is 9.10. The Balaban J connectivity index is 0.000000487. The summed E-state index contributed by atoms with van der Waals surface area (Å²) in [5.41, 5.74) is 1.19. The molecule has 26 heavy (non-hydrogen) atoms. The molecule has 1 saturated heterocycles. The molecule has 1 aliphatic heterocycles. The van der Waals surface area contributed by atoms with E-state index in [0.29, 0.717) is 0 Å². The molecule has 2 N–H and O–H groups in total. The van der Waals surface area contributed by atoms with Gasteiger partial charge in [-0.05, 0) is 57.0 Å². The first-order chi connectivity index (χ1) is 12.4. The highest BCUT2D eigenvalue weighted by Crippen LogP contribution is 2.27. The summed E-state index contributed by atoms with van der Waals surface area (Å²) in [5.74, 6) is -1.96. The van der Waals surface area contributed by atoms with Crippen molar-refractivity contribution >= 4 is 11.9 Å². The summed E-state index contributed by atoms with van der Waals surface area (Å²) in [4.78, 5) is 20.8. The van der Waals surface area contributed by atoms with E-state index in [-0.39, 0.29) is 0 Å². The first-order valence-corrected chi connectivity index (χ1v) is 8.90. The van der Waals surface area contributed by atoms with E-state index in [1.54, 1.807) is 7.11 Å². The van der Waals surface area contributed by atoms with Crippen LogP contribution in [0.4, 0.5) is 0 Å². The number of carbonyl (C=O) groups is 2. The van der Waals surface area contributed by atoms with Crippen LogP contribution in [-0.4, -0.2) is 60.4 Å². The fraction of sp³-hybridized carbons (Fsp3) is 0.579. The maximum absolute atomic E-state index is 9.10. The lowest BCUT2D eigenvalue weighted by atomic mass is 10.2. The summed E-state index contributed by atoms with van der Waals surface area (Å²) < 4.78 is 11.2. The SMILES string of the molecule is COc1cc(C)ccc1OCCCN1CCCCCC1.O=C(O)C(=O)O. The van der Waals surface area contributed by atoms with E-state index in [9.17, 15) is 0 Å². The topological polar surface area (TPSA) is 96.3 Å². The van der Waals surface area contributed by atoms with Crippen molar-refractivity contribution in [1.29, 1.82) is 0 Å². The number of ether oxygens (including phenoxy) is 2. The lowest BCUT2D eigenvalue weighted by Gasteiger charge is -2.19. The third kappa shape index (κ3) is 8.71. The number of benzene rings is 1. The number of carboxylic acid groups (broad SMARTS) is 2. The van der Waals surface area contributed by atoms with Crippen molar-refractivity contribution in [3.05, 3.63) is 23.8 Å². The van der Waals surface area contributed by atoms with Crippen LogP contribution in [0.3, 0.4) is 0 Å². The zero-order chi connectivity index (χ0) is 19.4. The van der Waals surface area contributed by atoms with Crippen LogP contribution in [0.2, 0.25) is 0 Å². The van der Waals surface area contributed by atoms with E-state index in [1.165, 1.54) is 44.3 Å². The number of likely N-dealkylation sites (tertiary alicyclic amines) is 1. The molecule has 1 aliphatic rings. The second-order valence-electron chi connectivity index (χ2n) is 6.22. The van der Waals surface area contributed by atoms with Gasteiger partial charge in [0.15, 0.2) is 11.5 Å². The molecule has 1 fully saturated rings. The zero-order valence-electron chi connectivity index (χ0n) is 15.6. The molecule has 0 aromatic heterocycles. The lowest BCUT2D eigenvalue weighted by molar-refractivity contribution is -0.159. The molecule has 1 heterocycles. The molecular formula is C19H29NO6. The second-order valence-corrected chi connectivity index (χ2v) is 6.22. The molecule has 0 aliphatic carbocycles. The van der Waals surface area contributed by atoms with Crippen molar-refractivity contribution in [3.8, 4) is 11.5 Å². The summed E-state index contributed by atoms with van der Waals surface area (Å²) in [5, 5.41) is 14.8. The molecule has 0 unspecified atom stereocenters. The average Bonchev–Trinajstić information content (AvgIpc) is 2.89. The van der Waals surface area contributed by atoms with Gasteiger partial charge in [0, 0.05) is 6.54 Å². The van der Waals surface area contributed by atoms with Crippen LogP contribution in [0.15, 0.2) is 18.2 Å². The first kappa shape index (κ1) is 21.8. The quantitative estimate of drug-likeness (QED) is 0.589. The normalized spacial score (nSPS) is 14.5. The number of carboxylic acids is 2. The fourth-order valence-electron chi connectivity index (χ4n) is 2.72. The van der Waals surface area contributed by atoms with Gasteiger partial charge >= 0.3 is 11.9 Å². The van der Waals surface area contributed by atoms with E-state index in [2.05, 4.69) is 17.9 Å². The molecule has 0 atom stereocenters. The third-order valence-electron chi connectivity index (χ3n) is 4.08. The lowest BCUT2D eigenvalue weighted by Crippen LogP contribution is -2.26. The maximum Gasteiger partial charge on any atom is 0.414 e. The fourth-order valence-corrected chi connectivity index (χ4v) is 2.72. The van der Waals surface area contributed by atoms with Gasteiger partial charge in [-0.2, -0.15) is 0 Å². The van der Waals surface area contributed by atoms with Crippen molar-refractivity contribution in [1.82, 2.24) is 4.90 Å². The Hall–Kier alpha value is -2.28. The average molecular weight is 367 g/mol. The largest absolute Gasteiger partial charge is 0.493 e. The Bertz CT molecular complexity index is 555. The third-order valence-corrected chi connectivity index (χ3v) is 4.08. The number of aliphatic carboxylic acids is 2. The van der Waals surface area contributed by atoms with Crippen molar-refractivity contribution < 1.29 is 29.3 Å². The predicted molar refractivity (Wildman–Crippen MR) is 98.0 cm³/mol. The minimum absolute atomic E-state index is 0.760. The van der Waals surface area contributed by atoms with Gasteiger partial charge in [0.25, 0.3) is 0 Å². The molecule has 7 nitrogen and oxygen atoms in total. The number of hydrogen-bond acceptors (Lipinski definition) is 5. The standard InChI is InChI=1S/C17H27NO2.C2H2O4/c1-15-8-9-16(17(14-15)19-2)20-13-7-12-18-10-5-3-4-6-11-18;3-1(4)2(5)6/h8-9,14H,3-7,10-13H2,1-2H3;(H,3,4)(H,5,6). The monoisotopic (exact) mass is 367 g/mol. The van der Waals surface area contributed by atoms with Crippen LogP contribution < -0.4 is 9.47 Å². The molecular weight excluding hydrogens is 338 g/mol. The van der Waals surface area contributed by atoms with E-state index in [4.69, 9.17) is 29.3 Å². The van der Waals surface area contributed by atoms with Gasteiger partial charge in [0.05, 0.1) is 13.7 Å². The molecule has 1 aromatic rings. The van der Waals surface area contributed by atoms with Gasteiger partial charge in [-0.15, -0.1) is 0 Å². The van der Waals surface area contributed by atoms with Gasteiger partial charge < -0.3 is 24.6 Å². The molecule has 0 spiro atoms. The molecule has 0 saturated carbocycles. The highest BCUT2D eigenvalue weighted by atomic mass is 16.5. The number of nitrogens with zero attached hydrogens (tertiary/aromatic N) is 1. The van der Waals surface area contributed by atoms with Crippen LogP contribution >= 0.6 is 0 Å². The Morgan fingerprint density at radius 1 is 1.04 bits per heavy atom. The van der Waals surface area contributed by atoms with Gasteiger partial charge in [-0.1, -0.05) is 18.9 Å². The van der Waals surface area contributed by atoms with Crippen LogP contribution in [0.1, 0.15) is 37.7 Å². The molecule has 1 aromatic carbocycles. The predicted octanol–water partition coefficient (Wildman–Crippen LogP) is 2.80. The first-order valence-electron chi connectivity index (χ1n) is 8.90. The molecule has 0 bridgehead atoms. The number of rotatable bonds is 6. The summed E-state index contributed by atoms with van der Waals surface area (Å²) in [6, 6.07) is 6.08. The molecule has 0 radical (unpaired) electrons. The molecule has 146 valence electrons. The number of aryl methyl sites for hydroxylation is 1. The Morgan fingerprint density at radius 2 is 1.65 bits per heavy atom. The van der Waals surface area contributed by atoms with E-state index in [1.807, 2.05) is 12.1 Å². The van der Waals surface area contributed by atoms with Crippen molar-refractivity contribution in [2.75, 3.05) is 33.4 Å². The summed E-state index contributed by atoms with van der Waals surface area (Å²) in [6.45, 7) is 6.48. The summed E-state index contributed by atoms with van der Waals surface area (Å²) in [6.07, 6.45) is 6.58. The minimum atomic E-state index is -1.82. The zero-order valence-corrected chi connectivity index (χ0v) is 15.6. The number of methoxy groups -OCH3 is 1. The van der Waals surface area contributed by atoms with Crippen molar-refractivity contribution in [3.63, 3.8) is 0 Å². The summed E-state index contributed by atoms with van der Waals surface area (Å²) >= 11 is 0. The van der Waals surface area contributed by atoms with E-state index >= 15 is 0 Å². The van der Waals surface area contributed by atoms with Crippen molar-refractivity contribution in [2.24, 2.45) is 0 Å². The van der Waals surface area contributed by atoms with Gasteiger partial charge in [0.1, 0.15) is 0 Å². The highest BCUT2D eigenvalue weighted by Gasteiger charge is 2.09. The smallest absolute Gasteiger partial charge is 0.414 e. The van der Waals surface area contributed by atoms with Crippen molar-refractivity contribution in [2.45, 2.75) is 39.0 Å². The van der Waals surface area contributed by atoms with Crippen LogP contribution in [0.5, 0.6) is 11.5 Å². The molecule has 7 heteroatoms. The number of hydrogen-bond donors (Lipinski definition) is 2. The van der Waals surface area contributed by atoms with E-state index < -0.39 is 11.9 Å². The van der Waals surface area contributed by atoms with E-state index in [0.717, 1.165) is 31.1 Å². The Morgan fingerprint density at radius 3 is 2.19 bits per heavy atom. The molecule has 2 rings (SSSR count). The van der Waals surface area contributed by atoms with Crippen LogP contribution in [0, 0.1) is 6.92 Å². The van der Waals surface area contributed by atoms with Crippen LogP contribution in [0.25, 0.3) is 0 Å². The highest BCUT2D eigenvalue weighted by molar-refractivity contribution is 6.27. The van der Waals surface area contributed by atoms with Gasteiger partial charge in [0.2, 0.25) is 0 Å². The Labute approximate surface area is 154 Å². The van der Waals surface area contributed by atoms with Gasteiger partial charge in [-0.25, -0.2) is 9.59 Å². The second kappa shape index (κ2) is 12.1. The van der Waals surface area contributed by atoms with Crippen LogP contribution in [-0.2, 0) is 9.59 Å².